The van der Waals surface area contributed by atoms with Gasteiger partial charge in [-0.05, 0) is 38.3 Å². The maximum absolute atomic E-state index is 13.4. The lowest BCUT2D eigenvalue weighted by molar-refractivity contribution is 0.0678. The second-order valence-electron chi connectivity index (χ2n) is 5.16. The van der Waals surface area contributed by atoms with Crippen LogP contribution in [0.2, 0.25) is 5.02 Å². The molecular formula is C14H17ClFNO3. The summed E-state index contributed by atoms with van der Waals surface area (Å²) in [6, 6.07) is 1.86. The molecule has 0 spiro atoms. The molecule has 20 heavy (non-hydrogen) atoms. The number of halogens is 2. The van der Waals surface area contributed by atoms with Gasteiger partial charge in [-0.2, -0.15) is 0 Å². The third-order valence-electron chi connectivity index (χ3n) is 3.51. The van der Waals surface area contributed by atoms with Crippen LogP contribution in [0.25, 0.3) is 0 Å². The van der Waals surface area contributed by atoms with E-state index >= 15 is 0 Å². The molecule has 1 aromatic rings. The first-order chi connectivity index (χ1) is 9.40. The third kappa shape index (κ3) is 3.04. The lowest BCUT2D eigenvalue weighted by Crippen LogP contribution is -2.37. The molecule has 1 amide bonds. The Kier molecular flexibility index (Phi) is 4.50. The number of amides is 1. The first-order valence-corrected chi connectivity index (χ1v) is 6.95. The smallest absolute Gasteiger partial charge is 0.258 e. The highest BCUT2D eigenvalue weighted by atomic mass is 35.5. The Morgan fingerprint density at radius 3 is 2.95 bits per heavy atom. The lowest BCUT2D eigenvalue weighted by Gasteiger charge is -2.26. The van der Waals surface area contributed by atoms with Crippen molar-refractivity contribution in [1.29, 1.82) is 0 Å². The van der Waals surface area contributed by atoms with E-state index in [9.17, 15) is 19.4 Å². The van der Waals surface area contributed by atoms with Crippen LogP contribution in [-0.4, -0.2) is 39.7 Å². The minimum absolute atomic E-state index is 0.0936. The molecular weight excluding hydrogens is 285 g/mol. The normalized spacial score (nSPS) is 20.2. The number of nitrogens with zero attached hydrogens (tertiary/aromatic N) is 1. The molecule has 2 unspecified atom stereocenters. The van der Waals surface area contributed by atoms with E-state index in [4.69, 9.17) is 11.6 Å². The molecule has 0 aromatic heterocycles. The van der Waals surface area contributed by atoms with E-state index in [1.165, 1.54) is 0 Å². The topological polar surface area (TPSA) is 60.8 Å². The summed E-state index contributed by atoms with van der Waals surface area (Å²) >= 11 is 5.69. The van der Waals surface area contributed by atoms with Crippen LogP contribution < -0.4 is 0 Å². The molecule has 0 aliphatic carbocycles. The van der Waals surface area contributed by atoms with Gasteiger partial charge >= 0.3 is 0 Å². The van der Waals surface area contributed by atoms with Crippen molar-refractivity contribution in [3.63, 3.8) is 0 Å². The van der Waals surface area contributed by atoms with Gasteiger partial charge < -0.3 is 15.1 Å². The zero-order valence-electron chi connectivity index (χ0n) is 11.1. The molecule has 6 heteroatoms. The Morgan fingerprint density at radius 1 is 1.60 bits per heavy atom. The maximum atomic E-state index is 13.4. The summed E-state index contributed by atoms with van der Waals surface area (Å²) in [5.74, 6) is -1.52. The van der Waals surface area contributed by atoms with Gasteiger partial charge in [-0.25, -0.2) is 4.39 Å². The van der Waals surface area contributed by atoms with Gasteiger partial charge in [0, 0.05) is 12.6 Å². The Bertz CT molecular complexity index is 521. The summed E-state index contributed by atoms with van der Waals surface area (Å²) in [6.45, 7) is 2.20. The average Bonchev–Trinajstić information content (AvgIpc) is 2.80. The number of carbonyl (C=O) groups excluding carboxylic acids is 1. The number of aliphatic hydroxyl groups is 1. The predicted octanol–water partition coefficient (Wildman–Crippen LogP) is 2.56. The van der Waals surface area contributed by atoms with Crippen molar-refractivity contribution in [2.45, 2.75) is 38.3 Å². The summed E-state index contributed by atoms with van der Waals surface area (Å²) < 4.78 is 13.4. The highest BCUT2D eigenvalue weighted by molar-refractivity contribution is 6.32. The maximum Gasteiger partial charge on any atom is 0.258 e. The van der Waals surface area contributed by atoms with Crippen LogP contribution in [0.4, 0.5) is 4.39 Å². The Labute approximate surface area is 121 Å². The summed E-state index contributed by atoms with van der Waals surface area (Å²) in [5, 5.41) is 19.1. The number of aliphatic hydroxyl groups excluding tert-OH is 1. The molecule has 0 bridgehead atoms. The highest BCUT2D eigenvalue weighted by Gasteiger charge is 2.32. The van der Waals surface area contributed by atoms with E-state index in [0.717, 1.165) is 25.0 Å². The second kappa shape index (κ2) is 5.97. The van der Waals surface area contributed by atoms with E-state index in [1.807, 2.05) is 0 Å². The fraction of sp³-hybridized carbons (Fsp3) is 0.500. The fourth-order valence-corrected chi connectivity index (χ4v) is 2.83. The van der Waals surface area contributed by atoms with Crippen molar-refractivity contribution < 1.29 is 19.4 Å². The van der Waals surface area contributed by atoms with Crippen LogP contribution in [0, 0.1) is 5.82 Å². The number of carbonyl (C=O) groups is 1. The van der Waals surface area contributed by atoms with Gasteiger partial charge in [0.1, 0.15) is 11.6 Å². The van der Waals surface area contributed by atoms with E-state index in [2.05, 4.69) is 0 Å². The van der Waals surface area contributed by atoms with Crippen molar-refractivity contribution in [3.8, 4) is 5.75 Å². The van der Waals surface area contributed by atoms with Crippen LogP contribution in [0.3, 0.4) is 0 Å². The van der Waals surface area contributed by atoms with Crippen LogP contribution in [0.1, 0.15) is 36.5 Å². The van der Waals surface area contributed by atoms with Crippen molar-refractivity contribution in [2.24, 2.45) is 0 Å². The van der Waals surface area contributed by atoms with Crippen LogP contribution in [0.5, 0.6) is 5.75 Å². The van der Waals surface area contributed by atoms with Gasteiger partial charge in [0.05, 0.1) is 16.7 Å². The number of phenols is 1. The second-order valence-corrected chi connectivity index (χ2v) is 5.57. The number of likely N-dealkylation sites (tertiary alicyclic amines) is 1. The largest absolute Gasteiger partial charge is 0.506 e. The molecule has 2 atom stereocenters. The Hall–Kier alpha value is -1.33. The third-order valence-corrected chi connectivity index (χ3v) is 3.80. The van der Waals surface area contributed by atoms with Crippen LogP contribution in [0.15, 0.2) is 12.1 Å². The van der Waals surface area contributed by atoms with Gasteiger partial charge in [-0.15, -0.1) is 0 Å². The van der Waals surface area contributed by atoms with Crippen LogP contribution >= 0.6 is 11.6 Å². The fourth-order valence-electron chi connectivity index (χ4n) is 2.63. The minimum Gasteiger partial charge on any atom is -0.506 e. The minimum atomic E-state index is -0.664. The first kappa shape index (κ1) is 15.1. The van der Waals surface area contributed by atoms with E-state index in [0.29, 0.717) is 13.0 Å². The standard InChI is InChI=1S/C14H17ClFNO3/c1-8(18)5-10-3-2-4-17(10)14(20)11-6-9(16)7-12(15)13(11)19/h6-8,10,18-19H,2-5H2,1H3. The Balaban J connectivity index is 2.27. The first-order valence-electron chi connectivity index (χ1n) is 6.57. The summed E-state index contributed by atoms with van der Waals surface area (Å²) in [4.78, 5) is 14.0. The highest BCUT2D eigenvalue weighted by Crippen LogP contribution is 2.32. The summed E-state index contributed by atoms with van der Waals surface area (Å²) in [6.07, 6.45) is 1.57. The van der Waals surface area contributed by atoms with Crippen molar-refractivity contribution in [1.82, 2.24) is 4.90 Å². The van der Waals surface area contributed by atoms with Crippen molar-refractivity contribution in [2.75, 3.05) is 6.54 Å². The molecule has 0 saturated carbocycles. The molecule has 2 N–H and O–H groups in total. The SMILES string of the molecule is CC(O)CC1CCCN1C(=O)c1cc(F)cc(Cl)c1O. The molecule has 1 fully saturated rings. The molecule has 1 aliphatic rings. The molecule has 1 heterocycles. The van der Waals surface area contributed by atoms with Crippen LogP contribution in [-0.2, 0) is 0 Å². The van der Waals surface area contributed by atoms with Gasteiger partial charge in [-0.1, -0.05) is 11.6 Å². The summed E-state index contributed by atoms with van der Waals surface area (Å²) in [5.41, 5.74) is -0.132. The lowest BCUT2D eigenvalue weighted by atomic mass is 10.1. The molecule has 1 saturated heterocycles. The monoisotopic (exact) mass is 301 g/mol. The molecule has 2 rings (SSSR count). The molecule has 1 aromatic carbocycles. The molecule has 110 valence electrons. The zero-order chi connectivity index (χ0) is 14.9. The van der Waals surface area contributed by atoms with Gasteiger partial charge in [-0.3, -0.25) is 4.79 Å². The van der Waals surface area contributed by atoms with Crippen molar-refractivity contribution >= 4 is 17.5 Å². The molecule has 4 nitrogen and oxygen atoms in total. The number of benzene rings is 1. The molecule has 1 aliphatic heterocycles. The number of aromatic hydroxyl groups is 1. The average molecular weight is 302 g/mol. The number of hydrogen-bond donors (Lipinski definition) is 2. The Morgan fingerprint density at radius 2 is 2.30 bits per heavy atom. The predicted molar refractivity (Wildman–Crippen MR) is 73.4 cm³/mol. The number of hydrogen-bond acceptors (Lipinski definition) is 3. The quantitative estimate of drug-likeness (QED) is 0.902. The van der Waals surface area contributed by atoms with Gasteiger partial charge in [0.25, 0.3) is 5.91 Å². The summed E-state index contributed by atoms with van der Waals surface area (Å²) in [7, 11) is 0. The van der Waals surface area contributed by atoms with Gasteiger partial charge in [0.15, 0.2) is 0 Å². The van der Waals surface area contributed by atoms with E-state index in [1.54, 1.807) is 11.8 Å². The number of rotatable bonds is 3. The van der Waals surface area contributed by atoms with Crippen molar-refractivity contribution in [3.05, 3.63) is 28.5 Å². The van der Waals surface area contributed by atoms with Gasteiger partial charge in [0.2, 0.25) is 0 Å². The number of phenolic OH excluding ortho intramolecular Hbond substituents is 1. The van der Waals surface area contributed by atoms with E-state index < -0.39 is 23.6 Å². The zero-order valence-corrected chi connectivity index (χ0v) is 11.9. The van der Waals surface area contributed by atoms with E-state index in [-0.39, 0.29) is 16.6 Å². The molecule has 0 radical (unpaired) electrons.